The van der Waals surface area contributed by atoms with Gasteiger partial charge in [-0.25, -0.2) is 13.1 Å². The predicted molar refractivity (Wildman–Crippen MR) is 130 cm³/mol. The number of amides is 1. The van der Waals surface area contributed by atoms with Gasteiger partial charge in [0.1, 0.15) is 0 Å². The SMILES string of the molecule is O=C(CCC(=O)OCCCc1ccccc1)Nc1ccc(S(=O)(=O)NCc2ccccc2)cc1. The van der Waals surface area contributed by atoms with Gasteiger partial charge in [0.05, 0.1) is 17.9 Å². The molecular weight excluding hydrogens is 452 g/mol. The maximum atomic E-state index is 12.5. The maximum Gasteiger partial charge on any atom is 0.306 e. The Labute approximate surface area is 200 Å². The number of hydrogen-bond donors (Lipinski definition) is 2. The summed E-state index contributed by atoms with van der Waals surface area (Å²) in [5, 5.41) is 2.66. The van der Waals surface area contributed by atoms with Gasteiger partial charge in [-0.15, -0.1) is 0 Å². The molecule has 0 fully saturated rings. The molecule has 178 valence electrons. The topological polar surface area (TPSA) is 102 Å². The highest BCUT2D eigenvalue weighted by molar-refractivity contribution is 7.89. The van der Waals surface area contributed by atoms with Crippen molar-refractivity contribution in [1.29, 1.82) is 0 Å². The second-order valence-corrected chi connectivity index (χ2v) is 9.46. The van der Waals surface area contributed by atoms with Crippen LogP contribution in [0.15, 0.2) is 89.8 Å². The van der Waals surface area contributed by atoms with E-state index in [-0.39, 0.29) is 30.2 Å². The number of rotatable bonds is 12. The fraction of sp³-hybridized carbons (Fsp3) is 0.231. The van der Waals surface area contributed by atoms with Crippen LogP contribution in [0.25, 0.3) is 0 Å². The number of hydrogen-bond acceptors (Lipinski definition) is 5. The minimum atomic E-state index is -3.68. The lowest BCUT2D eigenvalue weighted by molar-refractivity contribution is -0.144. The number of benzene rings is 3. The zero-order valence-electron chi connectivity index (χ0n) is 18.8. The van der Waals surface area contributed by atoms with Crippen LogP contribution in [0.1, 0.15) is 30.4 Å². The lowest BCUT2D eigenvalue weighted by atomic mass is 10.1. The van der Waals surface area contributed by atoms with E-state index in [1.807, 2.05) is 60.7 Å². The van der Waals surface area contributed by atoms with Crippen LogP contribution >= 0.6 is 0 Å². The summed E-state index contributed by atoms with van der Waals surface area (Å²) in [5.74, 6) is -0.770. The quantitative estimate of drug-likeness (QED) is 0.301. The zero-order valence-corrected chi connectivity index (χ0v) is 19.6. The highest BCUT2D eigenvalue weighted by atomic mass is 32.2. The first kappa shape index (κ1) is 25.1. The second-order valence-electron chi connectivity index (χ2n) is 7.69. The van der Waals surface area contributed by atoms with Gasteiger partial charge in [-0.05, 0) is 48.2 Å². The standard InChI is InChI=1S/C26H28N2O5S/c29-25(17-18-26(30)33-19-7-12-21-8-3-1-4-9-21)28-23-13-15-24(16-14-23)34(31,32)27-20-22-10-5-2-6-11-22/h1-6,8-11,13-16,27H,7,12,17-20H2,(H,28,29). The van der Waals surface area contributed by atoms with E-state index in [1.54, 1.807) is 0 Å². The van der Waals surface area contributed by atoms with Crippen LogP contribution in [0.5, 0.6) is 0 Å². The fourth-order valence-electron chi connectivity index (χ4n) is 3.19. The van der Waals surface area contributed by atoms with Crippen molar-refractivity contribution < 1.29 is 22.7 Å². The number of anilines is 1. The summed E-state index contributed by atoms with van der Waals surface area (Å²) < 4.78 is 32.6. The summed E-state index contributed by atoms with van der Waals surface area (Å²) in [6, 6.07) is 25.0. The summed E-state index contributed by atoms with van der Waals surface area (Å²) in [5.41, 5.74) is 2.48. The second kappa shape index (κ2) is 12.7. The molecular formula is C26H28N2O5S. The molecule has 0 saturated heterocycles. The number of sulfonamides is 1. The van der Waals surface area contributed by atoms with Gasteiger partial charge in [-0.2, -0.15) is 0 Å². The molecule has 0 saturated carbocycles. The lowest BCUT2D eigenvalue weighted by Gasteiger charge is -2.09. The Morgan fingerprint density at radius 2 is 1.38 bits per heavy atom. The third kappa shape index (κ3) is 8.46. The molecule has 0 aliphatic heterocycles. The van der Waals surface area contributed by atoms with Crippen LogP contribution in [-0.2, 0) is 37.3 Å². The average Bonchev–Trinajstić information content (AvgIpc) is 2.86. The van der Waals surface area contributed by atoms with Crippen molar-refractivity contribution in [2.45, 2.75) is 37.1 Å². The minimum absolute atomic E-state index is 0.0177. The van der Waals surface area contributed by atoms with E-state index in [9.17, 15) is 18.0 Å². The molecule has 0 radical (unpaired) electrons. The summed E-state index contributed by atoms with van der Waals surface area (Å²) >= 11 is 0. The number of nitrogens with one attached hydrogen (secondary N) is 2. The maximum absolute atomic E-state index is 12.5. The van der Waals surface area contributed by atoms with Gasteiger partial charge < -0.3 is 10.1 Å². The molecule has 3 aromatic rings. The molecule has 8 heteroatoms. The smallest absolute Gasteiger partial charge is 0.306 e. The third-order valence-electron chi connectivity index (χ3n) is 5.03. The van der Waals surface area contributed by atoms with Crippen molar-refractivity contribution in [2.24, 2.45) is 0 Å². The first-order valence-electron chi connectivity index (χ1n) is 11.1. The average molecular weight is 481 g/mol. The Morgan fingerprint density at radius 1 is 0.765 bits per heavy atom. The monoisotopic (exact) mass is 480 g/mol. The first-order valence-corrected chi connectivity index (χ1v) is 12.5. The van der Waals surface area contributed by atoms with Gasteiger partial charge in [0.15, 0.2) is 0 Å². The van der Waals surface area contributed by atoms with Gasteiger partial charge in [0, 0.05) is 18.7 Å². The minimum Gasteiger partial charge on any atom is -0.466 e. The van der Waals surface area contributed by atoms with Crippen LogP contribution in [-0.4, -0.2) is 26.9 Å². The number of ether oxygens (including phenoxy) is 1. The Kier molecular flexibility index (Phi) is 9.37. The molecule has 3 aromatic carbocycles. The van der Waals surface area contributed by atoms with Crippen LogP contribution in [0.3, 0.4) is 0 Å². The number of esters is 1. The highest BCUT2D eigenvalue weighted by Crippen LogP contribution is 2.15. The molecule has 0 bridgehead atoms. The molecule has 0 aliphatic rings. The number of carbonyl (C=O) groups is 2. The molecule has 0 heterocycles. The Bertz CT molecular complexity index is 1160. The van der Waals surface area contributed by atoms with E-state index >= 15 is 0 Å². The van der Waals surface area contributed by atoms with E-state index in [2.05, 4.69) is 10.0 Å². The van der Waals surface area contributed by atoms with Crippen molar-refractivity contribution in [3.8, 4) is 0 Å². The molecule has 0 spiro atoms. The first-order chi connectivity index (χ1) is 16.4. The Morgan fingerprint density at radius 3 is 2.03 bits per heavy atom. The molecule has 7 nitrogen and oxygen atoms in total. The molecule has 2 N–H and O–H groups in total. The van der Waals surface area contributed by atoms with E-state index in [0.29, 0.717) is 12.3 Å². The lowest BCUT2D eigenvalue weighted by Crippen LogP contribution is -2.23. The zero-order chi connectivity index (χ0) is 24.2. The highest BCUT2D eigenvalue weighted by Gasteiger charge is 2.14. The van der Waals surface area contributed by atoms with Crippen LogP contribution in [0.2, 0.25) is 0 Å². The molecule has 1 amide bonds. The largest absolute Gasteiger partial charge is 0.466 e. The molecule has 0 unspecified atom stereocenters. The van der Waals surface area contributed by atoms with E-state index in [1.165, 1.54) is 29.8 Å². The van der Waals surface area contributed by atoms with E-state index in [4.69, 9.17) is 4.74 Å². The summed E-state index contributed by atoms with van der Waals surface area (Å²) in [6.07, 6.45) is 1.50. The van der Waals surface area contributed by atoms with Gasteiger partial charge in [0.2, 0.25) is 15.9 Å². The van der Waals surface area contributed by atoms with Crippen LogP contribution < -0.4 is 10.0 Å². The third-order valence-corrected chi connectivity index (χ3v) is 6.45. The van der Waals surface area contributed by atoms with Crippen molar-refractivity contribution in [3.05, 3.63) is 96.1 Å². The van der Waals surface area contributed by atoms with Gasteiger partial charge in [-0.1, -0.05) is 60.7 Å². The molecule has 0 aromatic heterocycles. The molecule has 0 aliphatic carbocycles. The van der Waals surface area contributed by atoms with Crippen molar-refractivity contribution in [2.75, 3.05) is 11.9 Å². The predicted octanol–water partition coefficient (Wildman–Crippen LogP) is 4.06. The molecule has 0 atom stereocenters. The van der Waals surface area contributed by atoms with Crippen molar-refractivity contribution in [3.63, 3.8) is 0 Å². The summed E-state index contributed by atoms with van der Waals surface area (Å²) in [7, 11) is -3.68. The molecule has 3 rings (SSSR count). The van der Waals surface area contributed by atoms with E-state index < -0.39 is 16.0 Å². The summed E-state index contributed by atoms with van der Waals surface area (Å²) in [6.45, 7) is 0.494. The van der Waals surface area contributed by atoms with Crippen molar-refractivity contribution >= 4 is 27.6 Å². The molecule has 34 heavy (non-hydrogen) atoms. The fourth-order valence-corrected chi connectivity index (χ4v) is 4.21. The normalized spacial score (nSPS) is 11.1. The van der Waals surface area contributed by atoms with Crippen LogP contribution in [0, 0.1) is 0 Å². The number of aryl methyl sites for hydroxylation is 1. The van der Waals surface area contributed by atoms with Gasteiger partial charge >= 0.3 is 5.97 Å². The van der Waals surface area contributed by atoms with Gasteiger partial charge in [-0.3, -0.25) is 9.59 Å². The van der Waals surface area contributed by atoms with Crippen LogP contribution in [0.4, 0.5) is 5.69 Å². The van der Waals surface area contributed by atoms with Crippen molar-refractivity contribution in [1.82, 2.24) is 4.72 Å². The number of carbonyl (C=O) groups excluding carboxylic acids is 2. The van der Waals surface area contributed by atoms with E-state index in [0.717, 1.165) is 18.4 Å². The van der Waals surface area contributed by atoms with Gasteiger partial charge in [0.25, 0.3) is 0 Å². The Hall–Kier alpha value is -3.49. The summed E-state index contributed by atoms with van der Waals surface area (Å²) in [4.78, 5) is 24.1. The Balaban J connectivity index is 1.37.